The molecular weight excluding hydrogens is 242 g/mol. The average Bonchev–Trinajstić information content (AvgIpc) is 2.40. The summed E-state index contributed by atoms with van der Waals surface area (Å²) in [5, 5.41) is 8.16. The lowest BCUT2D eigenvalue weighted by Crippen LogP contribution is -2.35. The van der Waals surface area contributed by atoms with Crippen molar-refractivity contribution in [1.82, 2.24) is 10.6 Å². The summed E-state index contributed by atoms with van der Waals surface area (Å²) in [5.41, 5.74) is 1.95. The van der Waals surface area contributed by atoms with Gasteiger partial charge in [0.15, 0.2) is 0 Å². The van der Waals surface area contributed by atoms with E-state index >= 15 is 0 Å². The second-order valence-corrected chi connectivity index (χ2v) is 4.47. The first-order valence-electron chi connectivity index (χ1n) is 6.38. The zero-order valence-corrected chi connectivity index (χ0v) is 11.8. The van der Waals surface area contributed by atoms with Crippen LogP contribution in [0.15, 0.2) is 18.2 Å². The molecule has 1 aromatic carbocycles. The number of amides is 3. The van der Waals surface area contributed by atoms with Crippen LogP contribution in [0.5, 0.6) is 0 Å². The molecule has 1 atom stereocenters. The van der Waals surface area contributed by atoms with E-state index in [0.717, 1.165) is 12.0 Å². The molecule has 0 spiro atoms. The highest BCUT2D eigenvalue weighted by molar-refractivity contribution is 5.98. The highest BCUT2D eigenvalue weighted by atomic mass is 16.2. The van der Waals surface area contributed by atoms with Crippen molar-refractivity contribution in [2.24, 2.45) is 0 Å². The molecule has 0 aromatic heterocycles. The molecular formula is C14H21N3O2. The smallest absolute Gasteiger partial charge is 0.319 e. The summed E-state index contributed by atoms with van der Waals surface area (Å²) in [6.45, 7) is 5.75. The predicted molar refractivity (Wildman–Crippen MR) is 76.5 cm³/mol. The van der Waals surface area contributed by atoms with Crippen LogP contribution in [0.25, 0.3) is 0 Å². The molecule has 0 saturated carbocycles. The van der Waals surface area contributed by atoms with Crippen molar-refractivity contribution in [2.45, 2.75) is 33.2 Å². The van der Waals surface area contributed by atoms with Crippen molar-refractivity contribution < 1.29 is 9.59 Å². The Labute approximate surface area is 113 Å². The summed E-state index contributed by atoms with van der Waals surface area (Å²) in [7, 11) is 1.58. The summed E-state index contributed by atoms with van der Waals surface area (Å²) in [4.78, 5) is 23.4. The van der Waals surface area contributed by atoms with Gasteiger partial charge in [-0.05, 0) is 38.0 Å². The normalized spacial score (nSPS) is 11.6. The monoisotopic (exact) mass is 263 g/mol. The van der Waals surface area contributed by atoms with E-state index in [0.29, 0.717) is 11.3 Å². The maximum atomic E-state index is 11.8. The van der Waals surface area contributed by atoms with Crippen molar-refractivity contribution in [1.29, 1.82) is 0 Å². The van der Waals surface area contributed by atoms with Crippen LogP contribution in [-0.4, -0.2) is 25.0 Å². The van der Waals surface area contributed by atoms with Gasteiger partial charge in [0.05, 0.1) is 0 Å². The number of benzene rings is 1. The molecule has 19 heavy (non-hydrogen) atoms. The number of hydrogen-bond acceptors (Lipinski definition) is 2. The van der Waals surface area contributed by atoms with E-state index in [4.69, 9.17) is 0 Å². The third kappa shape index (κ3) is 3.98. The minimum absolute atomic E-state index is 0.113. The molecule has 3 N–H and O–H groups in total. The standard InChI is InChI=1S/C14H21N3O2/c1-5-9(2)16-14(19)17-12-8-6-7-11(10(12)3)13(18)15-4/h6-9H,5H2,1-4H3,(H,15,18)(H2,16,17,19)/t9-/m1/s1. The van der Waals surface area contributed by atoms with Crippen molar-refractivity contribution in [3.63, 3.8) is 0 Å². The number of rotatable bonds is 4. The van der Waals surface area contributed by atoms with Crippen molar-refractivity contribution in [2.75, 3.05) is 12.4 Å². The quantitative estimate of drug-likeness (QED) is 0.780. The van der Waals surface area contributed by atoms with Crippen LogP contribution in [0.2, 0.25) is 0 Å². The second kappa shape index (κ2) is 6.78. The minimum Gasteiger partial charge on any atom is -0.355 e. The Morgan fingerprint density at radius 2 is 2.00 bits per heavy atom. The van der Waals surface area contributed by atoms with Crippen LogP contribution in [0.4, 0.5) is 10.5 Å². The van der Waals surface area contributed by atoms with E-state index < -0.39 is 0 Å². The summed E-state index contributed by atoms with van der Waals surface area (Å²) >= 11 is 0. The van der Waals surface area contributed by atoms with Gasteiger partial charge in [0.25, 0.3) is 5.91 Å². The molecule has 0 aliphatic carbocycles. The first-order valence-corrected chi connectivity index (χ1v) is 6.38. The van der Waals surface area contributed by atoms with Gasteiger partial charge in [-0.1, -0.05) is 13.0 Å². The first-order chi connectivity index (χ1) is 8.99. The fraction of sp³-hybridized carbons (Fsp3) is 0.429. The second-order valence-electron chi connectivity index (χ2n) is 4.47. The molecule has 1 aromatic rings. The summed E-state index contributed by atoms with van der Waals surface area (Å²) < 4.78 is 0. The van der Waals surface area contributed by atoms with Crippen LogP contribution >= 0.6 is 0 Å². The van der Waals surface area contributed by atoms with Gasteiger partial charge in [0.1, 0.15) is 0 Å². The molecule has 0 saturated heterocycles. The van der Waals surface area contributed by atoms with Crippen LogP contribution in [0, 0.1) is 6.92 Å². The summed E-state index contributed by atoms with van der Waals surface area (Å²) in [5.74, 6) is -0.163. The molecule has 0 aliphatic rings. The zero-order valence-electron chi connectivity index (χ0n) is 11.8. The molecule has 0 heterocycles. The Hall–Kier alpha value is -2.04. The molecule has 0 bridgehead atoms. The van der Waals surface area contributed by atoms with Crippen LogP contribution in [0.1, 0.15) is 36.2 Å². The SMILES string of the molecule is CC[C@@H](C)NC(=O)Nc1cccc(C(=O)NC)c1C. The topological polar surface area (TPSA) is 70.2 Å². The zero-order chi connectivity index (χ0) is 14.4. The molecule has 0 unspecified atom stereocenters. The fourth-order valence-electron chi connectivity index (χ4n) is 1.64. The third-order valence-electron chi connectivity index (χ3n) is 3.04. The Balaban J connectivity index is 2.85. The van der Waals surface area contributed by atoms with Crippen LogP contribution in [0.3, 0.4) is 0 Å². The van der Waals surface area contributed by atoms with Crippen molar-refractivity contribution >= 4 is 17.6 Å². The Morgan fingerprint density at radius 3 is 2.58 bits per heavy atom. The van der Waals surface area contributed by atoms with Gasteiger partial charge < -0.3 is 16.0 Å². The van der Waals surface area contributed by atoms with Gasteiger partial charge in [-0.2, -0.15) is 0 Å². The van der Waals surface area contributed by atoms with Gasteiger partial charge >= 0.3 is 6.03 Å². The number of carbonyl (C=O) groups is 2. The van der Waals surface area contributed by atoms with E-state index in [2.05, 4.69) is 16.0 Å². The highest BCUT2D eigenvalue weighted by Crippen LogP contribution is 2.18. The number of anilines is 1. The van der Waals surface area contributed by atoms with E-state index in [9.17, 15) is 9.59 Å². The molecule has 1 rings (SSSR count). The van der Waals surface area contributed by atoms with Gasteiger partial charge in [0.2, 0.25) is 0 Å². The highest BCUT2D eigenvalue weighted by Gasteiger charge is 2.12. The molecule has 5 nitrogen and oxygen atoms in total. The predicted octanol–water partition coefficient (Wildman–Crippen LogP) is 2.27. The lowest BCUT2D eigenvalue weighted by Gasteiger charge is -2.15. The largest absolute Gasteiger partial charge is 0.355 e. The minimum atomic E-state index is -0.258. The van der Waals surface area contributed by atoms with Crippen molar-refractivity contribution in [3.8, 4) is 0 Å². The van der Waals surface area contributed by atoms with E-state index in [-0.39, 0.29) is 18.0 Å². The molecule has 0 aliphatic heterocycles. The molecule has 0 fully saturated rings. The fourth-order valence-corrected chi connectivity index (χ4v) is 1.64. The maximum Gasteiger partial charge on any atom is 0.319 e. The third-order valence-corrected chi connectivity index (χ3v) is 3.04. The lowest BCUT2D eigenvalue weighted by atomic mass is 10.1. The number of hydrogen-bond donors (Lipinski definition) is 3. The first kappa shape index (κ1) is 15.0. The van der Waals surface area contributed by atoms with E-state index in [1.807, 2.05) is 20.8 Å². The molecule has 104 valence electrons. The number of nitrogens with one attached hydrogen (secondary N) is 3. The Bertz CT molecular complexity index is 472. The van der Waals surface area contributed by atoms with E-state index in [1.54, 1.807) is 25.2 Å². The number of urea groups is 1. The molecule has 3 amide bonds. The molecule has 0 radical (unpaired) electrons. The van der Waals surface area contributed by atoms with Gasteiger partial charge in [-0.15, -0.1) is 0 Å². The average molecular weight is 263 g/mol. The lowest BCUT2D eigenvalue weighted by molar-refractivity contribution is 0.0962. The van der Waals surface area contributed by atoms with Gasteiger partial charge in [-0.3, -0.25) is 4.79 Å². The maximum absolute atomic E-state index is 11.8. The molecule has 5 heteroatoms. The summed E-state index contributed by atoms with van der Waals surface area (Å²) in [6.07, 6.45) is 0.866. The summed E-state index contributed by atoms with van der Waals surface area (Å²) in [6, 6.07) is 5.11. The van der Waals surface area contributed by atoms with Gasteiger partial charge in [0, 0.05) is 24.3 Å². The van der Waals surface area contributed by atoms with Crippen molar-refractivity contribution in [3.05, 3.63) is 29.3 Å². The van der Waals surface area contributed by atoms with E-state index in [1.165, 1.54) is 0 Å². The van der Waals surface area contributed by atoms with Gasteiger partial charge in [-0.25, -0.2) is 4.79 Å². The van der Waals surface area contributed by atoms with Crippen LogP contribution < -0.4 is 16.0 Å². The Kier molecular flexibility index (Phi) is 5.36. The number of carbonyl (C=O) groups excluding carboxylic acids is 2. The van der Waals surface area contributed by atoms with Crippen LogP contribution in [-0.2, 0) is 0 Å². The Morgan fingerprint density at radius 1 is 1.32 bits per heavy atom.